The van der Waals surface area contributed by atoms with Crippen LogP contribution in [-0.4, -0.2) is 44.0 Å². The molecular weight excluding hydrogens is 275 g/mol. The van der Waals surface area contributed by atoms with E-state index in [1.54, 1.807) is 18.2 Å². The van der Waals surface area contributed by atoms with Gasteiger partial charge < -0.3 is 10.1 Å². The zero-order chi connectivity index (χ0) is 15.8. The van der Waals surface area contributed by atoms with Crippen molar-refractivity contribution < 1.29 is 18.7 Å². The van der Waals surface area contributed by atoms with Gasteiger partial charge in [-0.15, -0.1) is 0 Å². The number of hydrogen-bond donors (Lipinski definition) is 1. The van der Waals surface area contributed by atoms with Gasteiger partial charge in [-0.3, -0.25) is 14.5 Å². The number of carbonyl (C=O) groups excluding carboxylic acids is 2. The third kappa shape index (κ3) is 5.51. The van der Waals surface area contributed by atoms with Crippen molar-refractivity contribution in [3.05, 3.63) is 35.6 Å². The first-order valence-corrected chi connectivity index (χ1v) is 6.74. The fourth-order valence-corrected chi connectivity index (χ4v) is 1.85. The molecule has 0 aliphatic rings. The van der Waals surface area contributed by atoms with Crippen molar-refractivity contribution in [2.75, 3.05) is 27.2 Å². The number of hydrogen-bond acceptors (Lipinski definition) is 4. The van der Waals surface area contributed by atoms with E-state index in [4.69, 9.17) is 0 Å². The van der Waals surface area contributed by atoms with Crippen molar-refractivity contribution in [2.24, 2.45) is 0 Å². The third-order valence-corrected chi connectivity index (χ3v) is 3.37. The Morgan fingerprint density at radius 2 is 2.05 bits per heavy atom. The van der Waals surface area contributed by atoms with Crippen molar-refractivity contribution in [1.29, 1.82) is 0 Å². The summed E-state index contributed by atoms with van der Waals surface area (Å²) >= 11 is 0. The first-order chi connectivity index (χ1) is 9.95. The van der Waals surface area contributed by atoms with Gasteiger partial charge in [-0.1, -0.05) is 18.2 Å². The van der Waals surface area contributed by atoms with Gasteiger partial charge in [0.25, 0.3) is 0 Å². The van der Waals surface area contributed by atoms with Crippen LogP contribution in [0.4, 0.5) is 4.39 Å². The molecule has 1 amide bonds. The highest BCUT2D eigenvalue weighted by molar-refractivity contribution is 5.81. The van der Waals surface area contributed by atoms with Gasteiger partial charge in [-0.2, -0.15) is 0 Å². The minimum Gasteiger partial charge on any atom is -0.468 e. The Morgan fingerprint density at radius 3 is 2.67 bits per heavy atom. The zero-order valence-electron chi connectivity index (χ0n) is 12.6. The number of nitrogens with one attached hydrogen (secondary N) is 1. The lowest BCUT2D eigenvalue weighted by Crippen LogP contribution is -2.33. The van der Waals surface area contributed by atoms with Crippen molar-refractivity contribution in [3.8, 4) is 0 Å². The molecule has 0 saturated carbocycles. The molecule has 0 fully saturated rings. The predicted molar refractivity (Wildman–Crippen MR) is 77.1 cm³/mol. The zero-order valence-corrected chi connectivity index (χ0v) is 12.6. The Balaban J connectivity index is 2.43. The number of benzene rings is 1. The fourth-order valence-electron chi connectivity index (χ4n) is 1.85. The standard InChI is InChI=1S/C15H21FN2O3/c1-11(12-6-4-5-7-13(12)16)18(2)9-8-14(19)17-10-15(20)21-3/h4-7,11H,8-10H2,1-3H3,(H,17,19)/t11-/m0/s1. The molecule has 1 aromatic carbocycles. The van der Waals surface area contributed by atoms with Gasteiger partial charge in [0, 0.05) is 24.6 Å². The van der Waals surface area contributed by atoms with E-state index in [2.05, 4.69) is 10.1 Å². The number of nitrogens with zero attached hydrogens (tertiary/aromatic N) is 1. The maximum Gasteiger partial charge on any atom is 0.325 e. The molecule has 0 radical (unpaired) electrons. The molecule has 1 aromatic rings. The summed E-state index contributed by atoms with van der Waals surface area (Å²) in [6, 6.07) is 6.44. The quantitative estimate of drug-likeness (QED) is 0.775. The molecule has 1 N–H and O–H groups in total. The smallest absolute Gasteiger partial charge is 0.325 e. The highest BCUT2D eigenvalue weighted by Gasteiger charge is 2.16. The van der Waals surface area contributed by atoms with Crippen LogP contribution in [0.5, 0.6) is 0 Å². The average Bonchev–Trinajstić information content (AvgIpc) is 2.49. The maximum atomic E-state index is 13.7. The lowest BCUT2D eigenvalue weighted by atomic mass is 10.1. The van der Waals surface area contributed by atoms with Crippen LogP contribution in [0.2, 0.25) is 0 Å². The van der Waals surface area contributed by atoms with Gasteiger partial charge in [0.05, 0.1) is 7.11 Å². The molecule has 0 aliphatic carbocycles. The summed E-state index contributed by atoms with van der Waals surface area (Å²) in [5.74, 6) is -0.989. The van der Waals surface area contributed by atoms with Crippen LogP contribution in [0, 0.1) is 5.82 Å². The van der Waals surface area contributed by atoms with E-state index in [0.717, 1.165) is 0 Å². The lowest BCUT2D eigenvalue weighted by molar-refractivity contribution is -0.141. The van der Waals surface area contributed by atoms with Gasteiger partial charge in [-0.25, -0.2) is 4.39 Å². The summed E-state index contributed by atoms with van der Waals surface area (Å²) in [4.78, 5) is 24.4. The molecule has 116 valence electrons. The summed E-state index contributed by atoms with van der Waals surface area (Å²) in [7, 11) is 3.09. The summed E-state index contributed by atoms with van der Waals surface area (Å²) < 4.78 is 18.1. The Kier molecular flexibility index (Phi) is 6.81. The van der Waals surface area contributed by atoms with E-state index in [1.807, 2.05) is 18.9 Å². The normalized spacial score (nSPS) is 12.0. The highest BCUT2D eigenvalue weighted by atomic mass is 19.1. The Bertz CT molecular complexity index is 494. The van der Waals surface area contributed by atoms with Crippen molar-refractivity contribution in [2.45, 2.75) is 19.4 Å². The first-order valence-electron chi connectivity index (χ1n) is 6.74. The summed E-state index contributed by atoms with van der Waals surface area (Å²) in [5, 5.41) is 2.46. The minimum atomic E-state index is -0.489. The van der Waals surface area contributed by atoms with Crippen LogP contribution in [0.3, 0.4) is 0 Å². The van der Waals surface area contributed by atoms with Crippen LogP contribution in [0.25, 0.3) is 0 Å². The lowest BCUT2D eigenvalue weighted by Gasteiger charge is -2.25. The number of halogens is 1. The van der Waals surface area contributed by atoms with Gasteiger partial charge in [-0.05, 0) is 20.0 Å². The summed E-state index contributed by atoms with van der Waals surface area (Å²) in [6.45, 7) is 2.20. The van der Waals surface area contributed by atoms with E-state index in [-0.39, 0.29) is 30.7 Å². The first kappa shape index (κ1) is 17.1. The molecule has 1 atom stereocenters. The second-order valence-electron chi connectivity index (χ2n) is 4.78. The van der Waals surface area contributed by atoms with Crippen LogP contribution in [0.1, 0.15) is 24.9 Å². The molecule has 0 aromatic heterocycles. The van der Waals surface area contributed by atoms with E-state index in [1.165, 1.54) is 13.2 Å². The Morgan fingerprint density at radius 1 is 1.38 bits per heavy atom. The monoisotopic (exact) mass is 296 g/mol. The Hall–Kier alpha value is -1.95. The van der Waals surface area contributed by atoms with Crippen molar-refractivity contribution in [3.63, 3.8) is 0 Å². The van der Waals surface area contributed by atoms with Crippen molar-refractivity contribution in [1.82, 2.24) is 10.2 Å². The molecule has 0 heterocycles. The second kappa shape index (κ2) is 8.36. The summed E-state index contributed by atoms with van der Waals surface area (Å²) in [5.41, 5.74) is 0.593. The highest BCUT2D eigenvalue weighted by Crippen LogP contribution is 2.21. The molecular formula is C15H21FN2O3. The third-order valence-electron chi connectivity index (χ3n) is 3.37. The summed E-state index contributed by atoms with van der Waals surface area (Å²) in [6.07, 6.45) is 0.228. The SMILES string of the molecule is COC(=O)CNC(=O)CCN(C)[C@@H](C)c1ccccc1F. The van der Waals surface area contributed by atoms with Gasteiger partial charge in [0.1, 0.15) is 12.4 Å². The number of esters is 1. The van der Waals surface area contributed by atoms with Crippen LogP contribution < -0.4 is 5.32 Å². The molecule has 0 bridgehead atoms. The fraction of sp³-hybridized carbons (Fsp3) is 0.467. The molecule has 0 saturated heterocycles. The number of carbonyl (C=O) groups is 2. The molecule has 5 nitrogen and oxygen atoms in total. The number of amides is 1. The number of rotatable bonds is 7. The van der Waals surface area contributed by atoms with Crippen LogP contribution in [0.15, 0.2) is 24.3 Å². The van der Waals surface area contributed by atoms with Gasteiger partial charge >= 0.3 is 5.97 Å². The predicted octanol–water partition coefficient (Wildman–Crippen LogP) is 1.50. The van der Waals surface area contributed by atoms with Crippen molar-refractivity contribution >= 4 is 11.9 Å². The van der Waals surface area contributed by atoms with E-state index >= 15 is 0 Å². The maximum absolute atomic E-state index is 13.7. The average molecular weight is 296 g/mol. The molecule has 1 rings (SSSR count). The van der Waals surface area contributed by atoms with Crippen LogP contribution >= 0.6 is 0 Å². The molecule has 0 spiro atoms. The molecule has 0 unspecified atom stereocenters. The van der Waals surface area contributed by atoms with E-state index in [9.17, 15) is 14.0 Å². The van der Waals surface area contributed by atoms with Gasteiger partial charge in [0.15, 0.2) is 0 Å². The molecule has 6 heteroatoms. The number of methoxy groups -OCH3 is 1. The molecule has 21 heavy (non-hydrogen) atoms. The largest absolute Gasteiger partial charge is 0.468 e. The minimum absolute atomic E-state index is 0.137. The second-order valence-corrected chi connectivity index (χ2v) is 4.78. The van der Waals surface area contributed by atoms with Crippen LogP contribution in [-0.2, 0) is 14.3 Å². The Labute approximate surface area is 124 Å². The molecule has 0 aliphatic heterocycles. The van der Waals surface area contributed by atoms with Gasteiger partial charge in [0.2, 0.25) is 5.91 Å². The van der Waals surface area contributed by atoms with E-state index in [0.29, 0.717) is 12.1 Å². The van der Waals surface area contributed by atoms with E-state index < -0.39 is 5.97 Å². The number of ether oxygens (including phenoxy) is 1. The topological polar surface area (TPSA) is 58.6 Å².